The van der Waals surface area contributed by atoms with Gasteiger partial charge in [-0.25, -0.2) is 0 Å². The molecule has 1 aliphatic heterocycles. The zero-order chi connectivity index (χ0) is 11.7. The summed E-state index contributed by atoms with van der Waals surface area (Å²) >= 11 is 0. The van der Waals surface area contributed by atoms with Crippen molar-refractivity contribution in [2.45, 2.75) is 44.2 Å². The van der Waals surface area contributed by atoms with E-state index in [0.29, 0.717) is 0 Å². The van der Waals surface area contributed by atoms with E-state index in [2.05, 4.69) is 20.8 Å². The molecule has 5 heteroatoms. The summed E-state index contributed by atoms with van der Waals surface area (Å²) in [5.74, 6) is 0.166. The molecule has 3 rings (SSSR count). The van der Waals surface area contributed by atoms with E-state index in [0.717, 1.165) is 38.6 Å². The van der Waals surface area contributed by atoms with Crippen molar-refractivity contribution in [3.63, 3.8) is 0 Å². The van der Waals surface area contributed by atoms with Gasteiger partial charge in [-0.3, -0.25) is 9.89 Å². The number of hydrogen-bond acceptors (Lipinski definition) is 3. The van der Waals surface area contributed by atoms with Crippen LogP contribution < -0.4 is 10.6 Å². The molecule has 0 spiro atoms. The maximum atomic E-state index is 12.0. The Bertz CT molecular complexity index is 408. The second-order valence-corrected chi connectivity index (χ2v) is 4.97. The topological polar surface area (TPSA) is 69.8 Å². The molecular weight excluding hydrogens is 216 g/mol. The van der Waals surface area contributed by atoms with E-state index in [9.17, 15) is 4.79 Å². The van der Waals surface area contributed by atoms with Crippen LogP contribution in [0.5, 0.6) is 0 Å². The van der Waals surface area contributed by atoms with Gasteiger partial charge in [0, 0.05) is 11.7 Å². The lowest BCUT2D eigenvalue weighted by molar-refractivity contribution is -0.123. The van der Waals surface area contributed by atoms with E-state index in [1.807, 2.05) is 6.20 Å². The number of aromatic amines is 1. The standard InChI is InChI=1S/C12H18N4O/c17-12(11-2-1-5-13-11)15-9-3-4-10-8(6-9)7-14-16-10/h7,9,11,13H,1-6H2,(H,14,16)(H,15,17). The molecule has 1 aliphatic carbocycles. The van der Waals surface area contributed by atoms with Gasteiger partial charge in [0.05, 0.1) is 12.2 Å². The summed E-state index contributed by atoms with van der Waals surface area (Å²) in [6.07, 6.45) is 6.85. The molecular formula is C12H18N4O. The van der Waals surface area contributed by atoms with Crippen LogP contribution in [0.1, 0.15) is 30.5 Å². The van der Waals surface area contributed by atoms with Crippen molar-refractivity contribution in [3.05, 3.63) is 17.5 Å². The highest BCUT2D eigenvalue weighted by Crippen LogP contribution is 2.19. The zero-order valence-electron chi connectivity index (χ0n) is 9.83. The zero-order valence-corrected chi connectivity index (χ0v) is 9.83. The third-order valence-corrected chi connectivity index (χ3v) is 3.74. The van der Waals surface area contributed by atoms with Gasteiger partial charge in [0.25, 0.3) is 0 Å². The van der Waals surface area contributed by atoms with Gasteiger partial charge in [0.15, 0.2) is 0 Å². The van der Waals surface area contributed by atoms with Gasteiger partial charge in [-0.05, 0) is 44.2 Å². The minimum atomic E-state index is 0.0285. The molecule has 3 N–H and O–H groups in total. The summed E-state index contributed by atoms with van der Waals surface area (Å²) in [6.45, 7) is 0.967. The first kappa shape index (κ1) is 10.8. The minimum absolute atomic E-state index is 0.0285. The molecule has 92 valence electrons. The molecule has 17 heavy (non-hydrogen) atoms. The molecule has 5 nitrogen and oxygen atoms in total. The molecule has 0 saturated carbocycles. The van der Waals surface area contributed by atoms with Crippen LogP contribution in [-0.2, 0) is 17.6 Å². The molecule has 1 aromatic rings. The lowest BCUT2D eigenvalue weighted by atomic mass is 9.93. The van der Waals surface area contributed by atoms with Crippen molar-refractivity contribution in [2.75, 3.05) is 6.54 Å². The molecule has 2 aliphatic rings. The van der Waals surface area contributed by atoms with Crippen LogP contribution in [0, 0.1) is 0 Å². The second kappa shape index (κ2) is 4.49. The molecule has 2 atom stereocenters. The normalized spacial score (nSPS) is 27.8. The molecule has 1 aromatic heterocycles. The Kier molecular flexibility index (Phi) is 2.84. The Balaban J connectivity index is 1.58. The number of nitrogens with zero attached hydrogens (tertiary/aromatic N) is 1. The van der Waals surface area contributed by atoms with E-state index >= 15 is 0 Å². The first-order valence-corrected chi connectivity index (χ1v) is 6.38. The van der Waals surface area contributed by atoms with Gasteiger partial charge in [0.2, 0.25) is 5.91 Å². The number of aromatic nitrogens is 2. The van der Waals surface area contributed by atoms with E-state index < -0.39 is 0 Å². The van der Waals surface area contributed by atoms with Crippen LogP contribution in [0.25, 0.3) is 0 Å². The number of amides is 1. The van der Waals surface area contributed by atoms with Gasteiger partial charge >= 0.3 is 0 Å². The van der Waals surface area contributed by atoms with Crippen molar-refractivity contribution in [1.82, 2.24) is 20.8 Å². The van der Waals surface area contributed by atoms with Crippen LogP contribution in [0.3, 0.4) is 0 Å². The Hall–Kier alpha value is -1.36. The summed E-state index contributed by atoms with van der Waals surface area (Å²) in [7, 11) is 0. The number of carbonyl (C=O) groups excluding carboxylic acids is 1. The largest absolute Gasteiger partial charge is 0.352 e. The van der Waals surface area contributed by atoms with Gasteiger partial charge in [0.1, 0.15) is 0 Å². The number of aryl methyl sites for hydroxylation is 1. The lowest BCUT2D eigenvalue weighted by Crippen LogP contribution is -2.46. The van der Waals surface area contributed by atoms with Gasteiger partial charge in [-0.15, -0.1) is 0 Å². The fraction of sp³-hybridized carbons (Fsp3) is 0.667. The van der Waals surface area contributed by atoms with E-state index in [1.165, 1.54) is 11.3 Å². The maximum Gasteiger partial charge on any atom is 0.237 e. The highest BCUT2D eigenvalue weighted by atomic mass is 16.2. The fourth-order valence-corrected chi connectivity index (χ4v) is 2.75. The Labute approximate surface area is 100 Å². The van der Waals surface area contributed by atoms with Crippen LogP contribution in [0.15, 0.2) is 6.20 Å². The molecule has 0 aromatic carbocycles. The van der Waals surface area contributed by atoms with Gasteiger partial charge in [-0.1, -0.05) is 0 Å². The summed E-state index contributed by atoms with van der Waals surface area (Å²) in [4.78, 5) is 12.0. The van der Waals surface area contributed by atoms with Crippen LogP contribution in [0.4, 0.5) is 0 Å². The highest BCUT2D eigenvalue weighted by molar-refractivity contribution is 5.82. The van der Waals surface area contributed by atoms with Crippen LogP contribution in [0.2, 0.25) is 0 Å². The highest BCUT2D eigenvalue weighted by Gasteiger charge is 2.26. The molecule has 1 fully saturated rings. The lowest BCUT2D eigenvalue weighted by Gasteiger charge is -2.24. The molecule has 1 saturated heterocycles. The SMILES string of the molecule is O=C(NC1CCc2[nH]ncc2C1)C1CCCN1. The number of carbonyl (C=O) groups is 1. The number of H-pyrrole nitrogens is 1. The molecule has 0 bridgehead atoms. The first-order chi connectivity index (χ1) is 8.33. The van der Waals surface area contributed by atoms with Crippen LogP contribution in [-0.4, -0.2) is 34.7 Å². The van der Waals surface area contributed by atoms with E-state index in [-0.39, 0.29) is 18.0 Å². The number of hydrogen-bond donors (Lipinski definition) is 3. The molecule has 2 heterocycles. The number of fused-ring (bicyclic) bond motifs is 1. The number of nitrogens with one attached hydrogen (secondary N) is 3. The Morgan fingerprint density at radius 2 is 2.41 bits per heavy atom. The van der Waals surface area contributed by atoms with Crippen LogP contribution >= 0.6 is 0 Å². The quantitative estimate of drug-likeness (QED) is 0.681. The van der Waals surface area contributed by atoms with Crippen molar-refractivity contribution in [3.8, 4) is 0 Å². The van der Waals surface area contributed by atoms with Crippen molar-refractivity contribution < 1.29 is 4.79 Å². The predicted molar refractivity (Wildman–Crippen MR) is 63.6 cm³/mol. The first-order valence-electron chi connectivity index (χ1n) is 6.38. The summed E-state index contributed by atoms with van der Waals surface area (Å²) in [6, 6.07) is 0.302. The smallest absolute Gasteiger partial charge is 0.237 e. The number of rotatable bonds is 2. The third-order valence-electron chi connectivity index (χ3n) is 3.74. The van der Waals surface area contributed by atoms with Crippen molar-refractivity contribution >= 4 is 5.91 Å². The Morgan fingerprint density at radius 3 is 3.24 bits per heavy atom. The van der Waals surface area contributed by atoms with Gasteiger partial charge < -0.3 is 10.6 Å². The average Bonchev–Trinajstić information content (AvgIpc) is 2.99. The average molecular weight is 234 g/mol. The summed E-state index contributed by atoms with van der Waals surface area (Å²) in [5, 5.41) is 13.4. The second-order valence-electron chi connectivity index (χ2n) is 4.97. The minimum Gasteiger partial charge on any atom is -0.352 e. The summed E-state index contributed by atoms with van der Waals surface area (Å²) in [5.41, 5.74) is 2.48. The Morgan fingerprint density at radius 1 is 1.47 bits per heavy atom. The monoisotopic (exact) mass is 234 g/mol. The van der Waals surface area contributed by atoms with E-state index in [4.69, 9.17) is 0 Å². The van der Waals surface area contributed by atoms with E-state index in [1.54, 1.807) is 0 Å². The molecule has 2 unspecified atom stereocenters. The van der Waals surface area contributed by atoms with Crippen molar-refractivity contribution in [1.29, 1.82) is 0 Å². The maximum absolute atomic E-state index is 12.0. The predicted octanol–water partition coefficient (Wildman–Crippen LogP) is 0.135. The van der Waals surface area contributed by atoms with Gasteiger partial charge in [-0.2, -0.15) is 5.10 Å². The molecule has 1 amide bonds. The fourth-order valence-electron chi connectivity index (χ4n) is 2.75. The summed E-state index contributed by atoms with van der Waals surface area (Å²) < 4.78 is 0. The third kappa shape index (κ3) is 2.20. The van der Waals surface area contributed by atoms with Crippen molar-refractivity contribution in [2.24, 2.45) is 0 Å². The molecule has 0 radical (unpaired) electrons.